The number of benzene rings is 1. The van der Waals surface area contributed by atoms with E-state index in [1.165, 1.54) is 16.4 Å². The number of ether oxygens (including phenoxy) is 1. The number of carboxylic acid groups (broad SMARTS) is 1. The SMILES string of the molecule is CC(C)c1cccc(OCn2cc(Cl)c(C(=O)O)n2)c1. The summed E-state index contributed by atoms with van der Waals surface area (Å²) in [4.78, 5) is 10.8. The van der Waals surface area contributed by atoms with Gasteiger partial charge in [0.1, 0.15) is 5.75 Å². The lowest BCUT2D eigenvalue weighted by molar-refractivity contribution is 0.0688. The van der Waals surface area contributed by atoms with Gasteiger partial charge in [0.05, 0.1) is 5.02 Å². The van der Waals surface area contributed by atoms with Crippen LogP contribution in [0.5, 0.6) is 5.75 Å². The van der Waals surface area contributed by atoms with Gasteiger partial charge in [-0.1, -0.05) is 37.6 Å². The number of carbonyl (C=O) groups is 1. The lowest BCUT2D eigenvalue weighted by Crippen LogP contribution is -2.07. The van der Waals surface area contributed by atoms with Gasteiger partial charge in [0, 0.05) is 6.20 Å². The lowest BCUT2D eigenvalue weighted by atomic mass is 10.0. The van der Waals surface area contributed by atoms with Gasteiger partial charge >= 0.3 is 5.97 Å². The Balaban J connectivity index is 2.07. The Morgan fingerprint density at radius 2 is 2.25 bits per heavy atom. The van der Waals surface area contributed by atoms with Crippen LogP contribution in [-0.2, 0) is 6.73 Å². The first kappa shape index (κ1) is 14.4. The average Bonchev–Trinajstić information content (AvgIpc) is 2.78. The maximum absolute atomic E-state index is 10.8. The first-order valence-corrected chi connectivity index (χ1v) is 6.54. The first-order chi connectivity index (χ1) is 9.47. The smallest absolute Gasteiger partial charge is 0.357 e. The molecule has 0 aliphatic heterocycles. The minimum absolute atomic E-state index is 0.0945. The molecule has 0 spiro atoms. The molecule has 2 rings (SSSR count). The summed E-state index contributed by atoms with van der Waals surface area (Å²) in [5.74, 6) is -0.0356. The number of hydrogen-bond donors (Lipinski definition) is 1. The Kier molecular flexibility index (Phi) is 4.29. The summed E-state index contributed by atoms with van der Waals surface area (Å²) in [5.41, 5.74) is 0.999. The van der Waals surface area contributed by atoms with Crippen molar-refractivity contribution in [3.8, 4) is 5.75 Å². The van der Waals surface area contributed by atoms with Gasteiger partial charge in [-0.2, -0.15) is 5.10 Å². The summed E-state index contributed by atoms with van der Waals surface area (Å²) >= 11 is 5.77. The third-order valence-corrected chi connectivity index (χ3v) is 3.08. The van der Waals surface area contributed by atoms with E-state index >= 15 is 0 Å². The van der Waals surface area contributed by atoms with Gasteiger partial charge in [-0.05, 0) is 23.6 Å². The van der Waals surface area contributed by atoms with Crippen LogP contribution in [0.2, 0.25) is 5.02 Å². The van der Waals surface area contributed by atoms with E-state index in [4.69, 9.17) is 21.4 Å². The van der Waals surface area contributed by atoms with Crippen molar-refractivity contribution in [2.75, 3.05) is 0 Å². The molecule has 1 aromatic carbocycles. The van der Waals surface area contributed by atoms with E-state index in [2.05, 4.69) is 18.9 Å². The normalized spacial score (nSPS) is 10.8. The highest BCUT2D eigenvalue weighted by Gasteiger charge is 2.14. The van der Waals surface area contributed by atoms with Crippen molar-refractivity contribution in [3.63, 3.8) is 0 Å². The van der Waals surface area contributed by atoms with E-state index < -0.39 is 5.97 Å². The van der Waals surface area contributed by atoms with E-state index in [9.17, 15) is 4.79 Å². The summed E-state index contributed by atoms with van der Waals surface area (Å²) in [6.45, 7) is 4.31. The van der Waals surface area contributed by atoms with E-state index in [1.54, 1.807) is 0 Å². The zero-order valence-corrected chi connectivity index (χ0v) is 12.0. The zero-order valence-electron chi connectivity index (χ0n) is 11.2. The molecule has 0 atom stereocenters. The van der Waals surface area contributed by atoms with Crippen molar-refractivity contribution >= 4 is 17.6 Å². The summed E-state index contributed by atoms with van der Waals surface area (Å²) in [5, 5.41) is 12.8. The largest absolute Gasteiger partial charge is 0.476 e. The zero-order chi connectivity index (χ0) is 14.7. The van der Waals surface area contributed by atoms with Crippen LogP contribution >= 0.6 is 11.6 Å². The van der Waals surface area contributed by atoms with E-state index in [0.717, 1.165) is 0 Å². The Morgan fingerprint density at radius 1 is 1.50 bits per heavy atom. The molecule has 0 aliphatic carbocycles. The molecule has 0 radical (unpaired) electrons. The highest BCUT2D eigenvalue weighted by atomic mass is 35.5. The fourth-order valence-electron chi connectivity index (χ4n) is 1.71. The quantitative estimate of drug-likeness (QED) is 0.918. The average molecular weight is 295 g/mol. The Labute approximate surface area is 121 Å². The number of carboxylic acids is 1. The number of aromatic carboxylic acids is 1. The van der Waals surface area contributed by atoms with Crippen LogP contribution < -0.4 is 4.74 Å². The fraction of sp³-hybridized carbons (Fsp3) is 0.286. The molecule has 2 aromatic rings. The van der Waals surface area contributed by atoms with Gasteiger partial charge in [-0.25, -0.2) is 9.48 Å². The van der Waals surface area contributed by atoms with E-state index in [0.29, 0.717) is 11.7 Å². The number of nitrogens with zero attached hydrogens (tertiary/aromatic N) is 2. The van der Waals surface area contributed by atoms with E-state index in [-0.39, 0.29) is 17.4 Å². The van der Waals surface area contributed by atoms with Crippen molar-refractivity contribution in [1.29, 1.82) is 0 Å². The third-order valence-electron chi connectivity index (χ3n) is 2.81. The molecule has 0 saturated heterocycles. The molecule has 1 heterocycles. The predicted molar refractivity (Wildman–Crippen MR) is 75.4 cm³/mol. The van der Waals surface area contributed by atoms with Crippen LogP contribution in [0.1, 0.15) is 35.8 Å². The standard InChI is InChI=1S/C14H15ClN2O3/c1-9(2)10-4-3-5-11(6-10)20-8-17-7-12(15)13(16-17)14(18)19/h3-7,9H,8H2,1-2H3,(H,18,19). The van der Waals surface area contributed by atoms with Crippen molar-refractivity contribution in [2.45, 2.75) is 26.5 Å². The molecule has 6 heteroatoms. The number of rotatable bonds is 5. The maximum Gasteiger partial charge on any atom is 0.357 e. The van der Waals surface area contributed by atoms with Gasteiger partial charge in [0.15, 0.2) is 12.4 Å². The van der Waals surface area contributed by atoms with E-state index in [1.807, 2.05) is 24.3 Å². The molecule has 106 valence electrons. The Bertz CT molecular complexity index is 623. The molecule has 0 aliphatic rings. The van der Waals surface area contributed by atoms with Gasteiger partial charge in [0.2, 0.25) is 0 Å². The Hall–Kier alpha value is -2.01. The number of halogens is 1. The molecular formula is C14H15ClN2O3. The second kappa shape index (κ2) is 5.96. The second-order valence-corrected chi connectivity index (χ2v) is 5.08. The molecule has 5 nitrogen and oxygen atoms in total. The summed E-state index contributed by atoms with van der Waals surface area (Å²) in [7, 11) is 0. The lowest BCUT2D eigenvalue weighted by Gasteiger charge is -2.09. The van der Waals surface area contributed by atoms with Crippen molar-refractivity contribution < 1.29 is 14.6 Å². The summed E-state index contributed by atoms with van der Waals surface area (Å²) in [6.07, 6.45) is 1.43. The molecule has 0 fully saturated rings. The van der Waals surface area contributed by atoms with Crippen LogP contribution in [0.25, 0.3) is 0 Å². The van der Waals surface area contributed by atoms with Crippen LogP contribution in [0.15, 0.2) is 30.5 Å². The molecule has 0 amide bonds. The summed E-state index contributed by atoms with van der Waals surface area (Å²) in [6, 6.07) is 7.75. The van der Waals surface area contributed by atoms with Gasteiger partial charge in [0.25, 0.3) is 0 Å². The summed E-state index contributed by atoms with van der Waals surface area (Å²) < 4.78 is 6.93. The van der Waals surface area contributed by atoms with Gasteiger partial charge in [-0.3, -0.25) is 0 Å². The second-order valence-electron chi connectivity index (χ2n) is 4.67. The minimum Gasteiger partial charge on any atom is -0.476 e. The van der Waals surface area contributed by atoms with Gasteiger partial charge < -0.3 is 9.84 Å². The topological polar surface area (TPSA) is 64.3 Å². The maximum atomic E-state index is 10.8. The predicted octanol–water partition coefficient (Wildman–Crippen LogP) is 3.39. The molecule has 1 N–H and O–H groups in total. The molecule has 1 aromatic heterocycles. The molecular weight excluding hydrogens is 280 g/mol. The van der Waals surface area contributed by atoms with Crippen LogP contribution in [0.3, 0.4) is 0 Å². The highest BCUT2D eigenvalue weighted by Crippen LogP contribution is 2.20. The third kappa shape index (κ3) is 3.30. The fourth-order valence-corrected chi connectivity index (χ4v) is 1.94. The highest BCUT2D eigenvalue weighted by molar-refractivity contribution is 6.33. The molecule has 0 bridgehead atoms. The molecule has 0 saturated carbocycles. The van der Waals surface area contributed by atoms with Crippen LogP contribution in [0.4, 0.5) is 0 Å². The van der Waals surface area contributed by atoms with Crippen molar-refractivity contribution in [2.24, 2.45) is 0 Å². The Morgan fingerprint density at radius 3 is 2.85 bits per heavy atom. The molecule has 0 unspecified atom stereocenters. The monoisotopic (exact) mass is 294 g/mol. The van der Waals surface area contributed by atoms with Crippen LogP contribution in [-0.4, -0.2) is 20.9 Å². The van der Waals surface area contributed by atoms with Crippen molar-refractivity contribution in [1.82, 2.24) is 9.78 Å². The van der Waals surface area contributed by atoms with Crippen molar-refractivity contribution in [3.05, 3.63) is 46.7 Å². The minimum atomic E-state index is -1.16. The molecule has 20 heavy (non-hydrogen) atoms. The first-order valence-electron chi connectivity index (χ1n) is 6.16. The van der Waals surface area contributed by atoms with Crippen LogP contribution in [0, 0.1) is 0 Å². The van der Waals surface area contributed by atoms with Gasteiger partial charge in [-0.15, -0.1) is 0 Å². The number of hydrogen-bond acceptors (Lipinski definition) is 3. The number of aromatic nitrogens is 2.